The Morgan fingerprint density at radius 3 is 3.14 bits per heavy atom. The zero-order valence-corrected chi connectivity index (χ0v) is 12.5. The summed E-state index contributed by atoms with van der Waals surface area (Å²) in [5.41, 5.74) is 5.26. The summed E-state index contributed by atoms with van der Waals surface area (Å²) >= 11 is 0. The summed E-state index contributed by atoms with van der Waals surface area (Å²) in [6.07, 6.45) is 4.11. The van der Waals surface area contributed by atoms with Gasteiger partial charge in [-0.15, -0.1) is 0 Å². The molecule has 1 aliphatic heterocycles. The van der Waals surface area contributed by atoms with E-state index in [0.717, 1.165) is 50.0 Å². The van der Waals surface area contributed by atoms with Crippen molar-refractivity contribution in [2.45, 2.75) is 38.3 Å². The zero-order chi connectivity index (χ0) is 14.9. The van der Waals surface area contributed by atoms with Crippen LogP contribution < -0.4 is 10.6 Å². The van der Waals surface area contributed by atoms with E-state index in [-0.39, 0.29) is 11.9 Å². The summed E-state index contributed by atoms with van der Waals surface area (Å²) in [5.74, 6) is -0.0668. The molecule has 0 bridgehead atoms. The van der Waals surface area contributed by atoms with Crippen LogP contribution in [0, 0.1) is 0 Å². The smallest absolute Gasteiger partial charge is 0.272 e. The van der Waals surface area contributed by atoms with E-state index >= 15 is 0 Å². The Hall–Kier alpha value is -2.14. The molecule has 22 heavy (non-hydrogen) atoms. The molecule has 1 aromatic carbocycles. The van der Waals surface area contributed by atoms with Crippen molar-refractivity contribution in [3.05, 3.63) is 52.3 Å². The van der Waals surface area contributed by atoms with Crippen molar-refractivity contribution in [3.63, 3.8) is 0 Å². The maximum Gasteiger partial charge on any atom is 0.272 e. The van der Waals surface area contributed by atoms with Gasteiger partial charge in [-0.3, -0.25) is 9.89 Å². The number of benzene rings is 1. The van der Waals surface area contributed by atoms with Gasteiger partial charge in [0.25, 0.3) is 5.91 Å². The first-order valence-corrected chi connectivity index (χ1v) is 7.98. The van der Waals surface area contributed by atoms with E-state index in [2.05, 4.69) is 39.0 Å². The molecule has 2 aromatic rings. The summed E-state index contributed by atoms with van der Waals surface area (Å²) in [6.45, 7) is 1.65. The summed E-state index contributed by atoms with van der Waals surface area (Å²) in [6, 6.07) is 8.50. The van der Waals surface area contributed by atoms with E-state index in [9.17, 15) is 4.79 Å². The number of H-pyrrole nitrogens is 1. The molecule has 0 spiro atoms. The van der Waals surface area contributed by atoms with Gasteiger partial charge in [0, 0.05) is 30.8 Å². The van der Waals surface area contributed by atoms with Crippen LogP contribution in [0.3, 0.4) is 0 Å². The first-order chi connectivity index (χ1) is 10.8. The largest absolute Gasteiger partial charge is 0.344 e. The molecular formula is C17H20N4O. The van der Waals surface area contributed by atoms with Crippen molar-refractivity contribution in [3.8, 4) is 0 Å². The number of carbonyl (C=O) groups excluding carboxylic acids is 1. The molecule has 5 heteroatoms. The average molecular weight is 296 g/mol. The van der Waals surface area contributed by atoms with Gasteiger partial charge in [-0.1, -0.05) is 24.3 Å². The quantitative estimate of drug-likeness (QED) is 0.792. The third-order valence-corrected chi connectivity index (χ3v) is 4.70. The molecule has 1 amide bonds. The first kappa shape index (κ1) is 13.5. The highest BCUT2D eigenvalue weighted by atomic mass is 16.2. The van der Waals surface area contributed by atoms with Crippen LogP contribution in [-0.4, -0.2) is 22.6 Å². The van der Waals surface area contributed by atoms with Crippen LogP contribution in [0.4, 0.5) is 0 Å². The van der Waals surface area contributed by atoms with Gasteiger partial charge < -0.3 is 10.6 Å². The lowest BCUT2D eigenvalue weighted by atomic mass is 9.87. The molecule has 0 radical (unpaired) electrons. The third-order valence-electron chi connectivity index (χ3n) is 4.70. The molecule has 1 atom stereocenters. The fraction of sp³-hybridized carbons (Fsp3) is 0.412. The van der Waals surface area contributed by atoms with Crippen molar-refractivity contribution in [2.75, 3.05) is 6.54 Å². The number of aryl methyl sites for hydroxylation is 1. The van der Waals surface area contributed by atoms with Gasteiger partial charge in [0.15, 0.2) is 5.69 Å². The molecule has 0 fully saturated rings. The van der Waals surface area contributed by atoms with Crippen LogP contribution in [0.1, 0.15) is 51.8 Å². The average Bonchev–Trinajstić information content (AvgIpc) is 2.99. The van der Waals surface area contributed by atoms with Crippen molar-refractivity contribution < 1.29 is 4.79 Å². The lowest BCUT2D eigenvalue weighted by Gasteiger charge is -2.26. The van der Waals surface area contributed by atoms with Gasteiger partial charge in [-0.25, -0.2) is 0 Å². The van der Waals surface area contributed by atoms with Gasteiger partial charge in [0.2, 0.25) is 0 Å². The monoisotopic (exact) mass is 296 g/mol. The summed E-state index contributed by atoms with van der Waals surface area (Å²) in [5, 5.41) is 13.7. The Morgan fingerprint density at radius 2 is 2.18 bits per heavy atom. The van der Waals surface area contributed by atoms with Gasteiger partial charge in [0.1, 0.15) is 0 Å². The van der Waals surface area contributed by atoms with Crippen LogP contribution in [0.25, 0.3) is 0 Å². The van der Waals surface area contributed by atoms with Crippen molar-refractivity contribution >= 4 is 5.91 Å². The third kappa shape index (κ3) is 2.31. The van der Waals surface area contributed by atoms with Crippen LogP contribution >= 0.6 is 0 Å². The maximum atomic E-state index is 12.6. The molecule has 5 nitrogen and oxygen atoms in total. The van der Waals surface area contributed by atoms with E-state index < -0.39 is 0 Å². The van der Waals surface area contributed by atoms with Crippen molar-refractivity contribution in [1.29, 1.82) is 0 Å². The molecule has 2 heterocycles. The topological polar surface area (TPSA) is 69.8 Å². The minimum absolute atomic E-state index is 0.0668. The molecule has 114 valence electrons. The Labute approximate surface area is 129 Å². The van der Waals surface area contributed by atoms with Gasteiger partial charge in [0.05, 0.1) is 6.04 Å². The highest BCUT2D eigenvalue weighted by Gasteiger charge is 2.26. The second kappa shape index (κ2) is 5.57. The van der Waals surface area contributed by atoms with E-state index in [4.69, 9.17) is 0 Å². The SMILES string of the molecule is O=C(NC1CCCc2ccccc21)c1n[nH]c2c1CNCC2. The summed E-state index contributed by atoms with van der Waals surface area (Å²) in [7, 11) is 0. The highest BCUT2D eigenvalue weighted by molar-refractivity contribution is 5.94. The Kier molecular flexibility index (Phi) is 3.42. The second-order valence-corrected chi connectivity index (χ2v) is 6.07. The lowest BCUT2D eigenvalue weighted by molar-refractivity contribution is 0.0926. The molecule has 0 saturated heterocycles. The highest BCUT2D eigenvalue weighted by Crippen LogP contribution is 2.29. The molecule has 3 N–H and O–H groups in total. The fourth-order valence-corrected chi connectivity index (χ4v) is 3.54. The molecule has 4 rings (SSSR count). The predicted octanol–water partition coefficient (Wildman–Crippen LogP) is 1.86. The van der Waals surface area contributed by atoms with E-state index in [0.29, 0.717) is 5.69 Å². The normalized spacial score (nSPS) is 20.1. The Morgan fingerprint density at radius 1 is 1.27 bits per heavy atom. The van der Waals surface area contributed by atoms with Crippen LogP contribution in [0.2, 0.25) is 0 Å². The molecule has 1 aliphatic carbocycles. The van der Waals surface area contributed by atoms with Gasteiger partial charge >= 0.3 is 0 Å². The summed E-state index contributed by atoms with van der Waals surface area (Å²) < 4.78 is 0. The molecule has 1 aromatic heterocycles. The van der Waals surface area contributed by atoms with E-state index in [1.165, 1.54) is 11.1 Å². The second-order valence-electron chi connectivity index (χ2n) is 6.07. The van der Waals surface area contributed by atoms with Crippen LogP contribution in [0.5, 0.6) is 0 Å². The standard InChI is InChI=1S/C17H20N4O/c22-17(16-13-10-18-9-8-15(13)20-21-16)19-14-7-3-5-11-4-1-2-6-12(11)14/h1-2,4,6,14,18H,3,5,7-10H2,(H,19,22)(H,20,21). The van der Waals surface area contributed by atoms with Crippen LogP contribution in [0.15, 0.2) is 24.3 Å². The van der Waals surface area contributed by atoms with Crippen molar-refractivity contribution in [2.24, 2.45) is 0 Å². The molecular weight excluding hydrogens is 276 g/mol. The number of aromatic nitrogens is 2. The molecule has 2 aliphatic rings. The summed E-state index contributed by atoms with van der Waals surface area (Å²) in [4.78, 5) is 12.6. The Balaban J connectivity index is 1.57. The first-order valence-electron chi connectivity index (χ1n) is 7.98. The maximum absolute atomic E-state index is 12.6. The molecule has 1 unspecified atom stereocenters. The number of fused-ring (bicyclic) bond motifs is 2. The van der Waals surface area contributed by atoms with E-state index in [1.54, 1.807) is 0 Å². The minimum Gasteiger partial charge on any atom is -0.344 e. The number of amides is 1. The van der Waals surface area contributed by atoms with Crippen LogP contribution in [-0.2, 0) is 19.4 Å². The van der Waals surface area contributed by atoms with E-state index in [1.807, 2.05) is 6.07 Å². The number of hydrogen-bond donors (Lipinski definition) is 3. The number of hydrogen-bond acceptors (Lipinski definition) is 3. The number of rotatable bonds is 2. The number of aromatic amines is 1. The lowest BCUT2D eigenvalue weighted by Crippen LogP contribution is -2.33. The predicted molar refractivity (Wildman–Crippen MR) is 83.6 cm³/mol. The number of nitrogens with zero attached hydrogens (tertiary/aromatic N) is 1. The Bertz CT molecular complexity index is 706. The number of carbonyl (C=O) groups is 1. The number of nitrogens with one attached hydrogen (secondary N) is 3. The fourth-order valence-electron chi connectivity index (χ4n) is 3.54. The van der Waals surface area contributed by atoms with Crippen molar-refractivity contribution in [1.82, 2.24) is 20.8 Å². The van der Waals surface area contributed by atoms with Gasteiger partial charge in [-0.2, -0.15) is 5.10 Å². The van der Waals surface area contributed by atoms with Gasteiger partial charge in [-0.05, 0) is 30.4 Å². The minimum atomic E-state index is -0.0668. The zero-order valence-electron chi connectivity index (χ0n) is 12.5. The molecule has 0 saturated carbocycles.